The molecule has 1 saturated heterocycles. The average molecular weight is 367 g/mol. The molecule has 7 heteroatoms. The molecule has 1 saturated carbocycles. The molecule has 2 fully saturated rings. The molecule has 3 aromatic rings. The predicted octanol–water partition coefficient (Wildman–Crippen LogP) is 3.96. The van der Waals surface area contributed by atoms with Crippen molar-refractivity contribution in [3.8, 4) is 0 Å². The molecule has 3 heterocycles. The lowest BCUT2D eigenvalue weighted by Crippen LogP contribution is -2.31. The summed E-state index contributed by atoms with van der Waals surface area (Å²) >= 11 is 0. The zero-order valence-electron chi connectivity index (χ0n) is 14.8. The highest BCUT2D eigenvalue weighted by Crippen LogP contribution is 2.39. The maximum atomic E-state index is 13.4. The van der Waals surface area contributed by atoms with Gasteiger partial charge in [0.2, 0.25) is 5.65 Å². The van der Waals surface area contributed by atoms with Crippen LogP contribution in [0.4, 0.5) is 14.6 Å². The zero-order valence-corrected chi connectivity index (χ0v) is 14.8. The van der Waals surface area contributed by atoms with E-state index in [4.69, 9.17) is 0 Å². The van der Waals surface area contributed by atoms with Crippen molar-refractivity contribution in [2.24, 2.45) is 0 Å². The number of fused-ring (bicyclic) bond motifs is 1. The third-order valence-corrected chi connectivity index (χ3v) is 5.30. The number of aromatic nitrogens is 4. The Morgan fingerprint density at radius 2 is 1.85 bits per heavy atom. The number of rotatable bonds is 3. The van der Waals surface area contributed by atoms with Gasteiger partial charge in [0.15, 0.2) is 17.5 Å². The van der Waals surface area contributed by atoms with Crippen LogP contribution in [0.1, 0.15) is 43.0 Å². The van der Waals surface area contributed by atoms with Gasteiger partial charge in [-0.3, -0.25) is 4.40 Å². The van der Waals surface area contributed by atoms with Crippen molar-refractivity contribution in [3.05, 3.63) is 59.2 Å². The van der Waals surface area contributed by atoms with Gasteiger partial charge in [-0.05, 0) is 43.4 Å². The lowest BCUT2D eigenvalue weighted by Gasteiger charge is -2.29. The highest BCUT2D eigenvalue weighted by atomic mass is 19.2. The summed E-state index contributed by atoms with van der Waals surface area (Å²) in [6.07, 6.45) is 9.77. The van der Waals surface area contributed by atoms with E-state index in [-0.39, 0.29) is 0 Å². The number of benzene rings is 1. The molecule has 0 unspecified atom stereocenters. The first-order valence-electron chi connectivity index (χ1n) is 9.28. The summed E-state index contributed by atoms with van der Waals surface area (Å²) < 4.78 is 28.5. The van der Waals surface area contributed by atoms with Crippen molar-refractivity contribution < 1.29 is 8.78 Å². The Morgan fingerprint density at radius 3 is 2.59 bits per heavy atom. The van der Waals surface area contributed by atoms with Crippen LogP contribution in [0.2, 0.25) is 0 Å². The largest absolute Gasteiger partial charge is 0.353 e. The van der Waals surface area contributed by atoms with Crippen LogP contribution >= 0.6 is 0 Å². The minimum Gasteiger partial charge on any atom is -0.353 e. The molecule has 0 bridgehead atoms. The quantitative estimate of drug-likeness (QED) is 0.703. The average Bonchev–Trinajstić information content (AvgIpc) is 3.44. The van der Waals surface area contributed by atoms with Crippen molar-refractivity contribution in [2.75, 3.05) is 18.0 Å². The summed E-state index contributed by atoms with van der Waals surface area (Å²) in [6.45, 7) is 1.63. The van der Waals surface area contributed by atoms with Crippen molar-refractivity contribution >= 4 is 17.5 Å². The molecule has 2 aliphatic rings. The van der Waals surface area contributed by atoms with Crippen LogP contribution in [0.25, 0.3) is 11.7 Å². The van der Waals surface area contributed by atoms with E-state index in [9.17, 15) is 8.78 Å². The van der Waals surface area contributed by atoms with E-state index in [1.54, 1.807) is 6.07 Å². The van der Waals surface area contributed by atoms with E-state index in [1.165, 1.54) is 30.5 Å². The lowest BCUT2D eigenvalue weighted by molar-refractivity contribution is 0.508. The molecule has 0 atom stereocenters. The van der Waals surface area contributed by atoms with E-state index in [0.717, 1.165) is 43.2 Å². The maximum absolute atomic E-state index is 13.4. The summed E-state index contributed by atoms with van der Waals surface area (Å²) in [5.74, 6) is 0.802. The maximum Gasteiger partial charge on any atom is 0.203 e. The lowest BCUT2D eigenvalue weighted by atomic mass is 10.0. The summed E-state index contributed by atoms with van der Waals surface area (Å²) in [4.78, 5) is 6.77. The Bertz CT molecular complexity index is 1030. The van der Waals surface area contributed by atoms with Crippen molar-refractivity contribution in [2.45, 2.75) is 31.6 Å². The second-order valence-electron chi connectivity index (χ2n) is 7.24. The molecule has 138 valence electrons. The van der Waals surface area contributed by atoms with E-state index in [2.05, 4.69) is 24.5 Å². The Hall–Kier alpha value is -2.83. The molecule has 0 radical (unpaired) electrons. The van der Waals surface area contributed by atoms with Crippen LogP contribution in [-0.4, -0.2) is 32.7 Å². The zero-order chi connectivity index (χ0) is 18.4. The van der Waals surface area contributed by atoms with Crippen LogP contribution < -0.4 is 4.90 Å². The van der Waals surface area contributed by atoms with Gasteiger partial charge >= 0.3 is 0 Å². The topological polar surface area (TPSA) is 46.3 Å². The van der Waals surface area contributed by atoms with Crippen LogP contribution in [0, 0.1) is 11.6 Å². The van der Waals surface area contributed by atoms with Crippen LogP contribution in [-0.2, 0) is 0 Å². The van der Waals surface area contributed by atoms with E-state index in [0.29, 0.717) is 11.5 Å². The van der Waals surface area contributed by atoms with E-state index in [1.807, 2.05) is 18.5 Å². The second kappa shape index (κ2) is 6.40. The molecule has 5 nitrogen and oxygen atoms in total. The Kier molecular flexibility index (Phi) is 3.88. The molecular weight excluding hydrogens is 348 g/mol. The summed E-state index contributed by atoms with van der Waals surface area (Å²) in [7, 11) is 0. The fourth-order valence-electron chi connectivity index (χ4n) is 3.66. The molecule has 5 rings (SSSR count). The third-order valence-electron chi connectivity index (χ3n) is 5.30. The van der Waals surface area contributed by atoms with Gasteiger partial charge in [-0.25, -0.2) is 13.8 Å². The van der Waals surface area contributed by atoms with Gasteiger partial charge in [0.25, 0.3) is 0 Å². The van der Waals surface area contributed by atoms with Gasteiger partial charge in [0.1, 0.15) is 5.82 Å². The monoisotopic (exact) mass is 367 g/mol. The van der Waals surface area contributed by atoms with Crippen molar-refractivity contribution in [1.29, 1.82) is 0 Å². The fourth-order valence-corrected chi connectivity index (χ4v) is 3.66. The predicted molar refractivity (Wildman–Crippen MR) is 98.5 cm³/mol. The first-order valence-corrected chi connectivity index (χ1v) is 9.28. The van der Waals surface area contributed by atoms with E-state index >= 15 is 0 Å². The number of nitrogens with zero attached hydrogens (tertiary/aromatic N) is 5. The molecule has 0 amide bonds. The van der Waals surface area contributed by atoms with Crippen LogP contribution in [0.15, 0.2) is 36.2 Å². The van der Waals surface area contributed by atoms with Gasteiger partial charge in [-0.2, -0.15) is 0 Å². The SMILES string of the molecule is Fc1ccc(C=C2CCN(c3nccn4c(C5CC5)nnc34)CC2)cc1F. The standard InChI is InChI=1S/C20H19F2N5/c21-16-4-1-14(12-17(16)22)11-13-5-8-26(9-6-13)19-20-25-24-18(15-2-3-15)27(20)10-7-23-19/h1,4,7,10-12,15H,2-3,5-6,8-9H2. The van der Waals surface area contributed by atoms with Crippen molar-refractivity contribution in [3.63, 3.8) is 0 Å². The van der Waals surface area contributed by atoms with Gasteiger partial charge in [0.05, 0.1) is 0 Å². The molecule has 0 N–H and O–H groups in total. The molecule has 2 aromatic heterocycles. The Labute approximate surface area is 155 Å². The summed E-state index contributed by atoms with van der Waals surface area (Å²) in [5, 5.41) is 8.74. The summed E-state index contributed by atoms with van der Waals surface area (Å²) in [6, 6.07) is 4.02. The highest BCUT2D eigenvalue weighted by Gasteiger charge is 2.30. The number of halogens is 2. The molecule has 1 aliphatic carbocycles. The number of piperidine rings is 1. The number of hydrogen-bond acceptors (Lipinski definition) is 4. The Balaban J connectivity index is 1.35. The third kappa shape index (κ3) is 3.07. The number of hydrogen-bond donors (Lipinski definition) is 0. The van der Waals surface area contributed by atoms with Gasteiger partial charge in [-0.1, -0.05) is 17.7 Å². The van der Waals surface area contributed by atoms with Gasteiger partial charge < -0.3 is 4.90 Å². The molecule has 1 aliphatic heterocycles. The number of anilines is 1. The first-order chi connectivity index (χ1) is 13.2. The van der Waals surface area contributed by atoms with Gasteiger partial charge in [-0.15, -0.1) is 10.2 Å². The summed E-state index contributed by atoms with van der Waals surface area (Å²) in [5.41, 5.74) is 2.74. The smallest absolute Gasteiger partial charge is 0.203 e. The minimum atomic E-state index is -0.815. The Morgan fingerprint density at radius 1 is 1.04 bits per heavy atom. The molecule has 27 heavy (non-hydrogen) atoms. The molecule has 0 spiro atoms. The highest BCUT2D eigenvalue weighted by molar-refractivity contribution is 5.65. The molecular formula is C20H19F2N5. The van der Waals surface area contributed by atoms with E-state index < -0.39 is 11.6 Å². The van der Waals surface area contributed by atoms with Crippen LogP contribution in [0.3, 0.4) is 0 Å². The second-order valence-corrected chi connectivity index (χ2v) is 7.24. The minimum absolute atomic E-state index is 0.530. The van der Waals surface area contributed by atoms with Crippen LogP contribution in [0.5, 0.6) is 0 Å². The normalized spacial score (nSPS) is 17.6. The van der Waals surface area contributed by atoms with Gasteiger partial charge in [0, 0.05) is 31.4 Å². The first kappa shape index (κ1) is 16.4. The molecule has 1 aromatic carbocycles. The van der Waals surface area contributed by atoms with Crippen molar-refractivity contribution in [1.82, 2.24) is 19.6 Å². The fraction of sp³-hybridized carbons (Fsp3) is 0.350.